The molecule has 0 spiro atoms. The zero-order valence-electron chi connectivity index (χ0n) is 11.8. The SMILES string of the molecule is CCCCC[N+]1(CCCNC(=O)O)CCCCC1. The van der Waals surface area contributed by atoms with Crippen LogP contribution < -0.4 is 5.32 Å². The Balaban J connectivity index is 2.31. The molecule has 1 amide bonds. The number of hydrogen-bond acceptors (Lipinski definition) is 1. The lowest BCUT2D eigenvalue weighted by atomic mass is 10.1. The molecule has 0 unspecified atom stereocenters. The molecule has 0 aliphatic carbocycles. The Morgan fingerprint density at radius 3 is 2.39 bits per heavy atom. The van der Waals surface area contributed by atoms with E-state index in [4.69, 9.17) is 5.11 Å². The summed E-state index contributed by atoms with van der Waals surface area (Å²) in [4.78, 5) is 10.4. The fourth-order valence-electron chi connectivity index (χ4n) is 3.05. The molecule has 4 nitrogen and oxygen atoms in total. The van der Waals surface area contributed by atoms with E-state index < -0.39 is 6.09 Å². The number of carboxylic acid groups (broad SMARTS) is 1. The number of likely N-dealkylation sites (tertiary alicyclic amines) is 1. The van der Waals surface area contributed by atoms with Crippen LogP contribution in [0.15, 0.2) is 0 Å². The van der Waals surface area contributed by atoms with Crippen LogP contribution in [-0.4, -0.2) is 48.4 Å². The third kappa shape index (κ3) is 5.71. The summed E-state index contributed by atoms with van der Waals surface area (Å²) < 4.78 is 1.24. The number of hydrogen-bond donors (Lipinski definition) is 2. The fourth-order valence-corrected chi connectivity index (χ4v) is 3.05. The van der Waals surface area contributed by atoms with Gasteiger partial charge in [0.05, 0.1) is 26.2 Å². The molecule has 2 N–H and O–H groups in total. The molecule has 0 aromatic heterocycles. The van der Waals surface area contributed by atoms with E-state index in [9.17, 15) is 4.79 Å². The molecule has 0 saturated carbocycles. The van der Waals surface area contributed by atoms with Crippen LogP contribution in [0.3, 0.4) is 0 Å². The average Bonchev–Trinajstić information content (AvgIpc) is 2.36. The van der Waals surface area contributed by atoms with Gasteiger partial charge in [-0.2, -0.15) is 0 Å². The van der Waals surface area contributed by atoms with Crippen molar-refractivity contribution in [2.45, 2.75) is 51.9 Å². The van der Waals surface area contributed by atoms with Crippen molar-refractivity contribution >= 4 is 6.09 Å². The van der Waals surface area contributed by atoms with Gasteiger partial charge in [-0.05, 0) is 32.1 Å². The maximum absolute atomic E-state index is 10.4. The molecule has 1 aliphatic rings. The number of amides is 1. The van der Waals surface area contributed by atoms with Crippen LogP contribution in [0.25, 0.3) is 0 Å². The molecule has 1 heterocycles. The number of piperidine rings is 1. The minimum Gasteiger partial charge on any atom is -0.465 e. The van der Waals surface area contributed by atoms with Gasteiger partial charge in [0.15, 0.2) is 0 Å². The van der Waals surface area contributed by atoms with Crippen molar-refractivity contribution in [1.29, 1.82) is 0 Å². The van der Waals surface area contributed by atoms with Gasteiger partial charge in [-0.25, -0.2) is 4.79 Å². The molecule has 1 saturated heterocycles. The smallest absolute Gasteiger partial charge is 0.404 e. The Labute approximate surface area is 111 Å². The quantitative estimate of drug-likeness (QED) is 0.519. The molecule has 106 valence electrons. The summed E-state index contributed by atoms with van der Waals surface area (Å²) in [5, 5.41) is 11.0. The Kier molecular flexibility index (Phi) is 7.09. The van der Waals surface area contributed by atoms with Gasteiger partial charge in [0.1, 0.15) is 0 Å². The molecule has 0 radical (unpaired) electrons. The van der Waals surface area contributed by atoms with E-state index >= 15 is 0 Å². The van der Waals surface area contributed by atoms with E-state index in [2.05, 4.69) is 12.2 Å². The van der Waals surface area contributed by atoms with Gasteiger partial charge < -0.3 is 14.9 Å². The predicted octanol–water partition coefficient (Wildman–Crippen LogP) is 2.84. The van der Waals surface area contributed by atoms with Gasteiger partial charge in [-0.3, -0.25) is 0 Å². The standard InChI is InChI=1S/C14H28N2O2/c1-2-3-5-10-16(11-6-4-7-12-16)13-8-9-15-14(17)18/h15H,2-13H2,1H3/p+1. The van der Waals surface area contributed by atoms with E-state index in [-0.39, 0.29) is 0 Å². The van der Waals surface area contributed by atoms with E-state index in [1.807, 2.05) is 0 Å². The topological polar surface area (TPSA) is 49.3 Å². The maximum Gasteiger partial charge on any atom is 0.404 e. The first-order chi connectivity index (χ1) is 8.68. The largest absolute Gasteiger partial charge is 0.465 e. The monoisotopic (exact) mass is 257 g/mol. The third-order valence-electron chi connectivity index (χ3n) is 4.09. The summed E-state index contributed by atoms with van der Waals surface area (Å²) in [6, 6.07) is 0. The van der Waals surface area contributed by atoms with Crippen LogP contribution in [0.5, 0.6) is 0 Å². The minimum atomic E-state index is -0.897. The molecule has 0 bridgehead atoms. The molecular formula is C14H29N2O2+. The number of unbranched alkanes of at least 4 members (excludes halogenated alkanes) is 2. The second kappa shape index (κ2) is 8.35. The second-order valence-electron chi connectivity index (χ2n) is 5.59. The highest BCUT2D eigenvalue weighted by Gasteiger charge is 2.28. The molecule has 1 fully saturated rings. The van der Waals surface area contributed by atoms with Crippen LogP contribution in [0, 0.1) is 0 Å². The van der Waals surface area contributed by atoms with Gasteiger partial charge >= 0.3 is 6.09 Å². The molecule has 4 heteroatoms. The van der Waals surface area contributed by atoms with Crippen molar-refractivity contribution in [3.8, 4) is 0 Å². The maximum atomic E-state index is 10.4. The summed E-state index contributed by atoms with van der Waals surface area (Å²) in [5.41, 5.74) is 0. The molecule has 1 rings (SSSR count). The van der Waals surface area contributed by atoms with Crippen LogP contribution >= 0.6 is 0 Å². The van der Waals surface area contributed by atoms with Crippen LogP contribution in [0.2, 0.25) is 0 Å². The van der Waals surface area contributed by atoms with Gasteiger partial charge in [0, 0.05) is 13.0 Å². The number of nitrogens with one attached hydrogen (secondary N) is 1. The van der Waals surface area contributed by atoms with Crippen molar-refractivity contribution < 1.29 is 14.4 Å². The minimum absolute atomic E-state index is 0.600. The Morgan fingerprint density at radius 2 is 1.78 bits per heavy atom. The van der Waals surface area contributed by atoms with Crippen LogP contribution in [0.1, 0.15) is 51.9 Å². The van der Waals surface area contributed by atoms with Crippen molar-refractivity contribution in [2.75, 3.05) is 32.7 Å². The first-order valence-corrected chi connectivity index (χ1v) is 7.50. The number of rotatable bonds is 8. The lowest BCUT2D eigenvalue weighted by Gasteiger charge is -2.42. The van der Waals surface area contributed by atoms with E-state index in [1.54, 1.807) is 0 Å². The number of quaternary nitrogens is 1. The highest BCUT2D eigenvalue weighted by Crippen LogP contribution is 2.20. The predicted molar refractivity (Wildman–Crippen MR) is 73.7 cm³/mol. The summed E-state index contributed by atoms with van der Waals surface area (Å²) >= 11 is 0. The number of carbonyl (C=O) groups is 1. The van der Waals surface area contributed by atoms with Gasteiger partial charge in [-0.15, -0.1) is 0 Å². The third-order valence-corrected chi connectivity index (χ3v) is 4.09. The Hall–Kier alpha value is -0.770. The van der Waals surface area contributed by atoms with Gasteiger partial charge in [0.25, 0.3) is 0 Å². The molecular weight excluding hydrogens is 228 g/mol. The molecule has 18 heavy (non-hydrogen) atoms. The van der Waals surface area contributed by atoms with Crippen LogP contribution in [0.4, 0.5) is 4.79 Å². The first kappa shape index (κ1) is 15.3. The highest BCUT2D eigenvalue weighted by atomic mass is 16.4. The van der Waals surface area contributed by atoms with Crippen molar-refractivity contribution in [1.82, 2.24) is 5.32 Å². The average molecular weight is 257 g/mol. The zero-order chi connectivity index (χ0) is 13.3. The second-order valence-corrected chi connectivity index (χ2v) is 5.59. The van der Waals surface area contributed by atoms with Crippen molar-refractivity contribution in [3.05, 3.63) is 0 Å². The lowest BCUT2D eigenvalue weighted by molar-refractivity contribution is -0.932. The molecule has 0 aromatic rings. The van der Waals surface area contributed by atoms with Crippen molar-refractivity contribution in [2.24, 2.45) is 0 Å². The summed E-state index contributed by atoms with van der Waals surface area (Å²) in [5.74, 6) is 0. The Bertz CT molecular complexity index is 238. The Morgan fingerprint density at radius 1 is 1.11 bits per heavy atom. The normalized spacial score (nSPS) is 18.5. The molecule has 1 aliphatic heterocycles. The van der Waals surface area contributed by atoms with E-state index in [1.165, 1.54) is 62.6 Å². The molecule has 0 atom stereocenters. The highest BCUT2D eigenvalue weighted by molar-refractivity contribution is 5.64. The summed E-state index contributed by atoms with van der Waals surface area (Å²) in [6.45, 7) is 7.89. The molecule has 0 aromatic carbocycles. The summed E-state index contributed by atoms with van der Waals surface area (Å²) in [7, 11) is 0. The number of nitrogens with zero attached hydrogens (tertiary/aromatic N) is 1. The van der Waals surface area contributed by atoms with Crippen molar-refractivity contribution in [3.63, 3.8) is 0 Å². The fraction of sp³-hybridized carbons (Fsp3) is 0.929. The lowest BCUT2D eigenvalue weighted by Crippen LogP contribution is -2.53. The van der Waals surface area contributed by atoms with E-state index in [0.29, 0.717) is 6.54 Å². The summed E-state index contributed by atoms with van der Waals surface area (Å²) in [6.07, 6.45) is 8.07. The van der Waals surface area contributed by atoms with Gasteiger partial charge in [0.2, 0.25) is 0 Å². The van der Waals surface area contributed by atoms with Gasteiger partial charge in [-0.1, -0.05) is 13.3 Å². The van der Waals surface area contributed by atoms with Crippen LogP contribution in [-0.2, 0) is 0 Å². The van der Waals surface area contributed by atoms with E-state index in [0.717, 1.165) is 13.0 Å². The zero-order valence-corrected chi connectivity index (χ0v) is 11.8. The first-order valence-electron chi connectivity index (χ1n) is 7.50.